The van der Waals surface area contributed by atoms with E-state index in [1.165, 1.54) is 27.0 Å². The zero-order valence-corrected chi connectivity index (χ0v) is 15.5. The van der Waals surface area contributed by atoms with Gasteiger partial charge in [0, 0.05) is 6.20 Å². The van der Waals surface area contributed by atoms with E-state index < -0.39 is 32.7 Å². The Kier molecular flexibility index (Phi) is 5.12. The van der Waals surface area contributed by atoms with Crippen molar-refractivity contribution < 1.29 is 21.6 Å². The molecule has 1 aliphatic heterocycles. The van der Waals surface area contributed by atoms with Crippen LogP contribution in [0.2, 0.25) is 0 Å². The van der Waals surface area contributed by atoms with Crippen LogP contribution in [0.3, 0.4) is 0 Å². The van der Waals surface area contributed by atoms with Crippen molar-refractivity contribution in [1.29, 1.82) is 0 Å². The lowest BCUT2D eigenvalue weighted by Crippen LogP contribution is -2.51. The third kappa shape index (κ3) is 3.70. The highest BCUT2D eigenvalue weighted by Gasteiger charge is 2.47. The molecule has 2 heterocycles. The molecule has 0 saturated carbocycles. The minimum atomic E-state index is -4.63. The summed E-state index contributed by atoms with van der Waals surface area (Å²) in [5, 5.41) is 8.39. The molecular formula is C14H21F3N6O2S. The van der Waals surface area contributed by atoms with E-state index in [1.807, 2.05) is 0 Å². The first kappa shape index (κ1) is 20.2. The summed E-state index contributed by atoms with van der Waals surface area (Å²) in [7, 11) is -3.66. The zero-order chi connectivity index (χ0) is 19.9. The Morgan fingerprint density at radius 1 is 1.42 bits per heavy atom. The van der Waals surface area contributed by atoms with E-state index in [0.29, 0.717) is 5.69 Å². The maximum atomic E-state index is 13.1. The minimum Gasteiger partial charge on any atom is -0.332 e. The number of aromatic nitrogens is 2. The van der Waals surface area contributed by atoms with Crippen molar-refractivity contribution in [3.8, 4) is 0 Å². The fraction of sp³-hybridized carbons (Fsp3) is 0.571. The average Bonchev–Trinajstić information content (AvgIpc) is 2.87. The van der Waals surface area contributed by atoms with Gasteiger partial charge >= 0.3 is 6.18 Å². The lowest BCUT2D eigenvalue weighted by molar-refractivity contribution is -0.101. The second-order valence-electron chi connectivity index (χ2n) is 6.16. The van der Waals surface area contributed by atoms with Gasteiger partial charge in [0.15, 0.2) is 0 Å². The van der Waals surface area contributed by atoms with E-state index >= 15 is 0 Å². The molecule has 0 radical (unpaired) electrons. The molecule has 1 unspecified atom stereocenters. The molecule has 0 bridgehead atoms. The monoisotopic (exact) mass is 394 g/mol. The first-order valence-corrected chi connectivity index (χ1v) is 9.32. The predicted octanol–water partition coefficient (Wildman–Crippen LogP) is 1.66. The van der Waals surface area contributed by atoms with Gasteiger partial charge in [-0.25, -0.2) is 13.4 Å². The van der Waals surface area contributed by atoms with E-state index in [2.05, 4.69) is 20.7 Å². The molecule has 4 N–H and O–H groups in total. The zero-order valence-electron chi connectivity index (χ0n) is 14.7. The topological polar surface area (TPSA) is 114 Å². The summed E-state index contributed by atoms with van der Waals surface area (Å²) in [6.07, 6.45) is -2.71. The summed E-state index contributed by atoms with van der Waals surface area (Å²) in [6, 6.07) is 0. The highest BCUT2D eigenvalue weighted by molar-refractivity contribution is 7.90. The number of aliphatic imine (C=N–C) groups is 1. The van der Waals surface area contributed by atoms with Crippen LogP contribution in [0, 0.1) is 6.92 Å². The first-order valence-electron chi connectivity index (χ1n) is 7.82. The average molecular weight is 394 g/mol. The van der Waals surface area contributed by atoms with Crippen molar-refractivity contribution in [3.05, 3.63) is 23.7 Å². The maximum Gasteiger partial charge on any atom is 0.417 e. The van der Waals surface area contributed by atoms with Crippen LogP contribution in [-0.4, -0.2) is 40.7 Å². The number of nitrogens with zero attached hydrogens (tertiary/aromatic N) is 3. The molecule has 0 fully saturated rings. The third-order valence-electron chi connectivity index (χ3n) is 3.96. The second-order valence-corrected chi connectivity index (χ2v) is 8.50. The SMILES string of the molecule is CCC1(N)N=C(Nc2cn(S(=O)(=O)C(C)C)nc2C)NC=C1C(F)(F)F. The van der Waals surface area contributed by atoms with E-state index in [9.17, 15) is 21.6 Å². The molecule has 1 aromatic rings. The van der Waals surface area contributed by atoms with Crippen LogP contribution in [-0.2, 0) is 10.0 Å². The van der Waals surface area contributed by atoms with Crippen LogP contribution in [0.5, 0.6) is 0 Å². The molecular weight excluding hydrogens is 373 g/mol. The third-order valence-corrected chi connectivity index (χ3v) is 5.86. The number of alkyl halides is 3. The van der Waals surface area contributed by atoms with Crippen molar-refractivity contribution >= 4 is 21.7 Å². The number of rotatable bonds is 4. The summed E-state index contributed by atoms with van der Waals surface area (Å²) in [5.74, 6) is -0.0352. The number of halogens is 3. The van der Waals surface area contributed by atoms with Gasteiger partial charge in [-0.2, -0.15) is 22.4 Å². The van der Waals surface area contributed by atoms with Gasteiger partial charge in [0.05, 0.1) is 28.4 Å². The normalized spacial score (nSPS) is 21.3. The molecule has 1 aromatic heterocycles. The summed E-state index contributed by atoms with van der Waals surface area (Å²) in [5.41, 5.74) is 3.49. The lowest BCUT2D eigenvalue weighted by atomic mass is 9.97. The van der Waals surface area contributed by atoms with Crippen molar-refractivity contribution in [2.24, 2.45) is 10.7 Å². The van der Waals surface area contributed by atoms with Crippen LogP contribution in [0.25, 0.3) is 0 Å². The quantitative estimate of drug-likeness (QED) is 0.716. The molecule has 1 aliphatic rings. The number of hydrogen-bond acceptors (Lipinski definition) is 7. The molecule has 2 rings (SSSR count). The molecule has 0 aliphatic carbocycles. The van der Waals surface area contributed by atoms with Crippen molar-refractivity contribution in [2.75, 3.05) is 5.32 Å². The van der Waals surface area contributed by atoms with Gasteiger partial charge < -0.3 is 16.4 Å². The molecule has 8 nitrogen and oxygen atoms in total. The van der Waals surface area contributed by atoms with Crippen LogP contribution < -0.4 is 16.4 Å². The molecule has 0 saturated heterocycles. The standard InChI is InChI=1S/C14H21F3N6O2S/c1-5-13(18)11(14(15,16)17)6-19-12(21-13)20-10-7-23(22-9(10)4)26(24,25)8(2)3/h6-8H,5,18H2,1-4H3,(H2,19,20,21). The Morgan fingerprint density at radius 2 is 2.04 bits per heavy atom. The lowest BCUT2D eigenvalue weighted by Gasteiger charge is -2.32. The molecule has 1 atom stereocenters. The number of nitrogens with two attached hydrogens (primary N) is 1. The molecule has 0 spiro atoms. The van der Waals surface area contributed by atoms with Gasteiger partial charge in [0.25, 0.3) is 10.0 Å². The summed E-state index contributed by atoms with van der Waals surface area (Å²) < 4.78 is 64.4. The Labute approximate surface area is 149 Å². The highest BCUT2D eigenvalue weighted by atomic mass is 32.2. The fourth-order valence-corrected chi connectivity index (χ4v) is 3.17. The van der Waals surface area contributed by atoms with Gasteiger partial charge in [0.2, 0.25) is 5.96 Å². The molecule has 146 valence electrons. The Balaban J connectivity index is 2.32. The van der Waals surface area contributed by atoms with Crippen molar-refractivity contribution in [1.82, 2.24) is 14.5 Å². The van der Waals surface area contributed by atoms with Crippen LogP contribution in [0.1, 0.15) is 32.9 Å². The molecule has 12 heteroatoms. The Hall–Kier alpha value is -2.08. The summed E-state index contributed by atoms with van der Waals surface area (Å²) >= 11 is 0. The highest BCUT2D eigenvalue weighted by Crippen LogP contribution is 2.36. The maximum absolute atomic E-state index is 13.1. The van der Waals surface area contributed by atoms with E-state index in [-0.39, 0.29) is 18.1 Å². The predicted molar refractivity (Wildman–Crippen MR) is 92.0 cm³/mol. The largest absolute Gasteiger partial charge is 0.417 e. The molecule has 26 heavy (non-hydrogen) atoms. The minimum absolute atomic E-state index is 0.0352. The van der Waals surface area contributed by atoms with Gasteiger partial charge in [-0.1, -0.05) is 6.92 Å². The van der Waals surface area contributed by atoms with Crippen molar-refractivity contribution in [3.63, 3.8) is 0 Å². The van der Waals surface area contributed by atoms with E-state index in [1.54, 1.807) is 6.92 Å². The fourth-order valence-electron chi connectivity index (χ4n) is 2.25. The Bertz CT molecular complexity index is 857. The van der Waals surface area contributed by atoms with Crippen molar-refractivity contribution in [2.45, 2.75) is 51.2 Å². The smallest absolute Gasteiger partial charge is 0.332 e. The number of aryl methyl sites for hydroxylation is 1. The summed E-state index contributed by atoms with van der Waals surface area (Å²) in [4.78, 5) is 3.92. The van der Waals surface area contributed by atoms with Crippen LogP contribution >= 0.6 is 0 Å². The molecule has 0 aromatic carbocycles. The second kappa shape index (κ2) is 6.58. The number of guanidine groups is 1. The van der Waals surface area contributed by atoms with Gasteiger partial charge in [-0.3, -0.25) is 0 Å². The van der Waals surface area contributed by atoms with Gasteiger partial charge in [-0.15, -0.1) is 0 Å². The summed E-state index contributed by atoms with van der Waals surface area (Å²) in [6.45, 7) is 6.08. The van der Waals surface area contributed by atoms with Crippen LogP contribution in [0.15, 0.2) is 23.0 Å². The van der Waals surface area contributed by atoms with Gasteiger partial charge in [-0.05, 0) is 27.2 Å². The van der Waals surface area contributed by atoms with E-state index in [4.69, 9.17) is 5.73 Å². The Morgan fingerprint density at radius 3 is 2.54 bits per heavy atom. The number of nitrogens with one attached hydrogen (secondary N) is 2. The number of anilines is 1. The van der Waals surface area contributed by atoms with E-state index in [0.717, 1.165) is 10.3 Å². The van der Waals surface area contributed by atoms with Crippen LogP contribution in [0.4, 0.5) is 18.9 Å². The van der Waals surface area contributed by atoms with Gasteiger partial charge in [0.1, 0.15) is 5.66 Å². The molecule has 0 amide bonds. The first-order chi connectivity index (χ1) is 11.8. The number of hydrogen-bond donors (Lipinski definition) is 3.